The summed E-state index contributed by atoms with van der Waals surface area (Å²) >= 11 is 0. The van der Waals surface area contributed by atoms with Crippen LogP contribution >= 0.6 is 0 Å². The van der Waals surface area contributed by atoms with E-state index in [0.29, 0.717) is 31.1 Å². The molecule has 2 N–H and O–H groups in total. The molecule has 2 aromatic rings. The number of likely N-dealkylation sites (tertiary alicyclic amines) is 1. The number of halogens is 1. The summed E-state index contributed by atoms with van der Waals surface area (Å²) in [6.07, 6.45) is 0.992. The molecule has 3 atom stereocenters. The second kappa shape index (κ2) is 7.62. The number of carbonyl (C=O) groups is 1. The van der Waals surface area contributed by atoms with Gasteiger partial charge in [-0.2, -0.15) is 4.98 Å². The van der Waals surface area contributed by atoms with Crippen LogP contribution in [-0.4, -0.2) is 54.4 Å². The standard InChI is InChI=1S/C19H24FN5O4S/c1-3-30(27,28)24-14-8-13-10-25(18(26)22-16-7-5-4-6-15(16)20)11-19(13,9-14)17-21-12(2)23-29-17/h4-7,13-14,24H,3,8-11H2,1-2H3,(H,22,26)/t13-,14+,19-/m0/s1. The maximum Gasteiger partial charge on any atom is 0.321 e. The minimum absolute atomic E-state index is 0.00198. The molecule has 0 unspecified atom stereocenters. The number of carbonyl (C=O) groups excluding carboxylic acids is 1. The molecular formula is C19H24FN5O4S. The van der Waals surface area contributed by atoms with Gasteiger partial charge in [0.1, 0.15) is 5.82 Å². The Bertz CT molecular complexity index is 1060. The number of hydrogen-bond acceptors (Lipinski definition) is 6. The Kier molecular flexibility index (Phi) is 5.27. The van der Waals surface area contributed by atoms with E-state index in [-0.39, 0.29) is 29.9 Å². The van der Waals surface area contributed by atoms with Gasteiger partial charge >= 0.3 is 6.03 Å². The van der Waals surface area contributed by atoms with Gasteiger partial charge in [-0.3, -0.25) is 0 Å². The Morgan fingerprint density at radius 3 is 2.83 bits per heavy atom. The van der Waals surface area contributed by atoms with Gasteiger partial charge in [0.25, 0.3) is 0 Å². The van der Waals surface area contributed by atoms with E-state index in [1.807, 2.05) is 0 Å². The first-order chi connectivity index (χ1) is 14.2. The molecule has 2 aliphatic rings. The first-order valence-electron chi connectivity index (χ1n) is 9.83. The van der Waals surface area contributed by atoms with Crippen LogP contribution in [0, 0.1) is 18.7 Å². The average molecular weight is 437 g/mol. The van der Waals surface area contributed by atoms with Gasteiger partial charge in [-0.25, -0.2) is 22.3 Å². The normalized spacial score (nSPS) is 26.0. The lowest BCUT2D eigenvalue weighted by Gasteiger charge is -2.25. The second-order valence-corrected chi connectivity index (χ2v) is 9.99. The summed E-state index contributed by atoms with van der Waals surface area (Å²) in [5, 5.41) is 6.50. The lowest BCUT2D eigenvalue weighted by atomic mass is 9.80. The van der Waals surface area contributed by atoms with Crippen molar-refractivity contribution in [1.82, 2.24) is 19.8 Å². The fraction of sp³-hybridized carbons (Fsp3) is 0.526. The first kappa shape index (κ1) is 20.7. The van der Waals surface area contributed by atoms with Gasteiger partial charge in [0.2, 0.25) is 15.9 Å². The van der Waals surface area contributed by atoms with Gasteiger partial charge in [0.15, 0.2) is 5.82 Å². The van der Waals surface area contributed by atoms with Gasteiger partial charge < -0.3 is 14.7 Å². The summed E-state index contributed by atoms with van der Waals surface area (Å²) in [5.41, 5.74) is -0.537. The minimum Gasteiger partial charge on any atom is -0.339 e. The summed E-state index contributed by atoms with van der Waals surface area (Å²) in [6.45, 7) is 3.96. The molecule has 0 radical (unpaired) electrons. The summed E-state index contributed by atoms with van der Waals surface area (Å²) in [4.78, 5) is 18.8. The van der Waals surface area contributed by atoms with Crippen molar-refractivity contribution in [2.45, 2.75) is 38.1 Å². The number of aromatic nitrogens is 2. The van der Waals surface area contributed by atoms with E-state index in [1.54, 1.807) is 30.9 Å². The monoisotopic (exact) mass is 437 g/mol. The third kappa shape index (κ3) is 3.79. The van der Waals surface area contributed by atoms with Crippen LogP contribution in [0.2, 0.25) is 0 Å². The highest BCUT2D eigenvalue weighted by atomic mass is 32.2. The van der Waals surface area contributed by atoms with Crippen molar-refractivity contribution in [3.8, 4) is 0 Å². The zero-order chi connectivity index (χ0) is 21.5. The lowest BCUT2D eigenvalue weighted by Crippen LogP contribution is -2.41. The Hall–Kier alpha value is -2.53. The maximum absolute atomic E-state index is 13.9. The highest BCUT2D eigenvalue weighted by molar-refractivity contribution is 7.89. The van der Waals surface area contributed by atoms with E-state index in [4.69, 9.17) is 4.52 Å². The van der Waals surface area contributed by atoms with E-state index in [2.05, 4.69) is 20.2 Å². The Balaban J connectivity index is 1.56. The molecule has 2 heterocycles. The molecular weight excluding hydrogens is 413 g/mol. The van der Waals surface area contributed by atoms with Gasteiger partial charge in [-0.15, -0.1) is 0 Å². The molecule has 0 bridgehead atoms. The van der Waals surface area contributed by atoms with Crippen LogP contribution in [0.5, 0.6) is 0 Å². The largest absolute Gasteiger partial charge is 0.339 e. The number of sulfonamides is 1. The molecule has 30 heavy (non-hydrogen) atoms. The van der Waals surface area contributed by atoms with Crippen LogP contribution < -0.4 is 10.0 Å². The zero-order valence-electron chi connectivity index (χ0n) is 16.8. The number of benzene rings is 1. The van der Waals surface area contributed by atoms with Crippen molar-refractivity contribution >= 4 is 21.7 Å². The van der Waals surface area contributed by atoms with Gasteiger partial charge in [-0.1, -0.05) is 17.3 Å². The molecule has 2 fully saturated rings. The lowest BCUT2D eigenvalue weighted by molar-refractivity contribution is 0.212. The molecule has 2 amide bonds. The van der Waals surface area contributed by atoms with Crippen LogP contribution in [0.3, 0.4) is 0 Å². The number of hydrogen-bond donors (Lipinski definition) is 2. The maximum atomic E-state index is 13.9. The van der Waals surface area contributed by atoms with E-state index < -0.39 is 27.3 Å². The van der Waals surface area contributed by atoms with Crippen molar-refractivity contribution < 1.29 is 22.1 Å². The van der Waals surface area contributed by atoms with Crippen LogP contribution in [0.25, 0.3) is 0 Å². The van der Waals surface area contributed by atoms with Crippen molar-refractivity contribution in [2.75, 3.05) is 24.2 Å². The van der Waals surface area contributed by atoms with Crippen molar-refractivity contribution in [3.05, 3.63) is 41.8 Å². The predicted molar refractivity (Wildman–Crippen MR) is 107 cm³/mol. The quantitative estimate of drug-likeness (QED) is 0.739. The van der Waals surface area contributed by atoms with E-state index in [1.165, 1.54) is 12.1 Å². The number of rotatable bonds is 5. The average Bonchev–Trinajstić information content (AvgIpc) is 3.36. The molecule has 1 aliphatic heterocycles. The van der Waals surface area contributed by atoms with Crippen molar-refractivity contribution in [1.29, 1.82) is 0 Å². The number of para-hydroxylation sites is 1. The molecule has 1 aromatic heterocycles. The van der Waals surface area contributed by atoms with E-state index in [9.17, 15) is 17.6 Å². The fourth-order valence-corrected chi connectivity index (χ4v) is 5.39. The smallest absolute Gasteiger partial charge is 0.321 e. The molecule has 11 heteroatoms. The number of nitrogens with zero attached hydrogens (tertiary/aromatic N) is 3. The molecule has 162 valence electrons. The third-order valence-electron chi connectivity index (χ3n) is 5.96. The Morgan fingerprint density at radius 1 is 1.40 bits per heavy atom. The van der Waals surface area contributed by atoms with Gasteiger partial charge in [0, 0.05) is 19.1 Å². The summed E-state index contributed by atoms with van der Waals surface area (Å²) in [5.74, 6) is 0.307. The Labute approximate surface area is 174 Å². The van der Waals surface area contributed by atoms with E-state index in [0.717, 1.165) is 0 Å². The van der Waals surface area contributed by atoms with Gasteiger partial charge in [0.05, 0.1) is 16.9 Å². The number of anilines is 1. The van der Waals surface area contributed by atoms with E-state index >= 15 is 0 Å². The molecule has 1 saturated carbocycles. The summed E-state index contributed by atoms with van der Waals surface area (Å²) in [7, 11) is -3.36. The highest BCUT2D eigenvalue weighted by Gasteiger charge is 2.58. The summed E-state index contributed by atoms with van der Waals surface area (Å²) in [6, 6.07) is 5.28. The number of amides is 2. The van der Waals surface area contributed by atoms with Crippen LogP contribution in [0.4, 0.5) is 14.9 Å². The number of fused-ring (bicyclic) bond motifs is 1. The molecule has 1 aliphatic carbocycles. The van der Waals surface area contributed by atoms with Crippen LogP contribution in [0.15, 0.2) is 28.8 Å². The molecule has 4 rings (SSSR count). The number of urea groups is 1. The molecule has 9 nitrogen and oxygen atoms in total. The highest BCUT2D eigenvalue weighted by Crippen LogP contribution is 2.50. The van der Waals surface area contributed by atoms with Gasteiger partial charge in [-0.05, 0) is 44.7 Å². The SMILES string of the molecule is CCS(=O)(=O)N[C@@H]1C[C@H]2CN(C(=O)Nc3ccccc3F)C[C@@]2(c2nc(C)no2)C1. The van der Waals surface area contributed by atoms with Crippen molar-refractivity contribution in [3.63, 3.8) is 0 Å². The first-order valence-corrected chi connectivity index (χ1v) is 11.5. The predicted octanol–water partition coefficient (Wildman–Crippen LogP) is 2.02. The second-order valence-electron chi connectivity index (χ2n) is 7.95. The molecule has 1 saturated heterocycles. The minimum atomic E-state index is -3.36. The third-order valence-corrected chi connectivity index (χ3v) is 7.41. The molecule has 0 spiro atoms. The fourth-order valence-electron chi connectivity index (χ4n) is 4.54. The molecule has 1 aromatic carbocycles. The number of aryl methyl sites for hydroxylation is 1. The summed E-state index contributed by atoms with van der Waals surface area (Å²) < 4.78 is 46.2. The number of nitrogens with one attached hydrogen (secondary N) is 2. The van der Waals surface area contributed by atoms with Crippen LogP contribution in [0.1, 0.15) is 31.5 Å². The Morgan fingerprint density at radius 2 is 2.17 bits per heavy atom. The van der Waals surface area contributed by atoms with Crippen molar-refractivity contribution in [2.24, 2.45) is 5.92 Å². The van der Waals surface area contributed by atoms with Crippen LogP contribution in [-0.2, 0) is 15.4 Å². The zero-order valence-corrected chi connectivity index (χ0v) is 17.6. The topological polar surface area (TPSA) is 117 Å².